The molecule has 0 amide bonds. The molecular formula is C11H18N5O3+. The predicted molar refractivity (Wildman–Crippen MR) is 69.1 cm³/mol. The fourth-order valence-electron chi connectivity index (χ4n) is 1.93. The highest BCUT2D eigenvalue weighted by Gasteiger charge is 2.11. The molecule has 0 radical (unpaired) electrons. The van der Waals surface area contributed by atoms with Gasteiger partial charge in [-0.15, -0.1) is 0 Å². The van der Waals surface area contributed by atoms with E-state index in [1.165, 1.54) is 4.57 Å². The zero-order valence-corrected chi connectivity index (χ0v) is 11.0. The number of aryl methyl sites for hydroxylation is 1. The van der Waals surface area contributed by atoms with Crippen LogP contribution in [0.1, 0.15) is 0 Å². The van der Waals surface area contributed by atoms with E-state index in [0.29, 0.717) is 24.3 Å². The molecule has 2 aromatic rings. The third-order valence-electron chi connectivity index (χ3n) is 2.98. The lowest BCUT2D eigenvalue weighted by Gasteiger charge is -2.04. The van der Waals surface area contributed by atoms with E-state index in [2.05, 4.69) is 15.3 Å². The molecule has 2 rings (SSSR count). The monoisotopic (exact) mass is 268 g/mol. The molecule has 0 bridgehead atoms. The van der Waals surface area contributed by atoms with Crippen molar-refractivity contribution >= 4 is 11.2 Å². The molecule has 0 unspecified atom stereocenters. The molecule has 0 aliphatic carbocycles. The van der Waals surface area contributed by atoms with Gasteiger partial charge in [-0.2, -0.15) is 0 Å². The summed E-state index contributed by atoms with van der Waals surface area (Å²) in [6.45, 7) is 3.04. The highest BCUT2D eigenvalue weighted by Crippen LogP contribution is 2.03. The molecular weight excluding hydrogens is 250 g/mol. The number of imidazole rings is 1. The number of H-pyrrole nitrogens is 1. The molecule has 0 atom stereocenters. The quantitative estimate of drug-likeness (QED) is 0.572. The summed E-state index contributed by atoms with van der Waals surface area (Å²) < 4.78 is 8.05. The summed E-state index contributed by atoms with van der Waals surface area (Å²) in [6, 6.07) is 0. The highest BCUT2D eigenvalue weighted by atomic mass is 16.5. The first-order valence-electron chi connectivity index (χ1n) is 6.10. The van der Waals surface area contributed by atoms with Gasteiger partial charge in [0.15, 0.2) is 11.2 Å². The molecule has 104 valence electrons. The summed E-state index contributed by atoms with van der Waals surface area (Å²) in [5, 5.41) is 2.10. The number of rotatable bonds is 6. The van der Waals surface area contributed by atoms with E-state index in [4.69, 9.17) is 4.74 Å². The number of fused-ring (bicyclic) bond motifs is 1. The predicted octanol–water partition coefficient (Wildman–Crippen LogP) is -2.37. The Morgan fingerprint density at radius 1 is 1.42 bits per heavy atom. The zero-order valence-electron chi connectivity index (χ0n) is 11.0. The van der Waals surface area contributed by atoms with Crippen molar-refractivity contribution in [2.75, 3.05) is 26.8 Å². The maximum absolute atomic E-state index is 11.8. The van der Waals surface area contributed by atoms with Crippen LogP contribution >= 0.6 is 0 Å². The molecule has 0 aliphatic heterocycles. The van der Waals surface area contributed by atoms with E-state index in [0.717, 1.165) is 13.1 Å². The number of aromatic amines is 1. The summed E-state index contributed by atoms with van der Waals surface area (Å²) in [7, 11) is 3.25. The van der Waals surface area contributed by atoms with Crippen molar-refractivity contribution in [2.45, 2.75) is 6.54 Å². The average Bonchev–Trinajstić information content (AvgIpc) is 2.80. The number of hydrogen-bond donors (Lipinski definition) is 2. The lowest BCUT2D eigenvalue weighted by Crippen LogP contribution is -2.85. The molecule has 2 heterocycles. The summed E-state index contributed by atoms with van der Waals surface area (Å²) >= 11 is 0. The fraction of sp³-hybridized carbons (Fsp3) is 0.545. The first kappa shape index (κ1) is 13.5. The smallest absolute Gasteiger partial charge is 0.329 e. The van der Waals surface area contributed by atoms with Crippen molar-refractivity contribution in [3.8, 4) is 0 Å². The normalized spacial score (nSPS) is 11.3. The minimum atomic E-state index is -0.450. The Hall–Kier alpha value is -1.93. The van der Waals surface area contributed by atoms with Gasteiger partial charge in [-0.25, -0.2) is 9.78 Å². The molecule has 0 fully saturated rings. The molecule has 8 nitrogen and oxygen atoms in total. The van der Waals surface area contributed by atoms with Gasteiger partial charge >= 0.3 is 5.69 Å². The van der Waals surface area contributed by atoms with Gasteiger partial charge in [0.1, 0.15) is 0 Å². The SMILES string of the molecule is COCC[NH2+]CCn1cnc2c1c(=O)[nH]c(=O)n2C. The van der Waals surface area contributed by atoms with Crippen LogP contribution in [0.2, 0.25) is 0 Å². The number of ether oxygens (including phenoxy) is 1. The van der Waals surface area contributed by atoms with Crippen LogP contribution in [0.3, 0.4) is 0 Å². The van der Waals surface area contributed by atoms with Crippen molar-refractivity contribution in [3.05, 3.63) is 27.2 Å². The molecule has 0 aromatic carbocycles. The third kappa shape index (κ3) is 2.74. The summed E-state index contributed by atoms with van der Waals surface area (Å²) in [5.74, 6) is 0. The topological polar surface area (TPSA) is 98.5 Å². The van der Waals surface area contributed by atoms with E-state index in [1.807, 2.05) is 0 Å². The van der Waals surface area contributed by atoms with Gasteiger partial charge in [0.2, 0.25) is 0 Å². The molecule has 0 spiro atoms. The number of nitrogens with one attached hydrogen (secondary N) is 1. The molecule has 2 aromatic heterocycles. The van der Waals surface area contributed by atoms with Gasteiger partial charge < -0.3 is 14.6 Å². The van der Waals surface area contributed by atoms with Gasteiger partial charge in [0.05, 0.1) is 32.6 Å². The van der Waals surface area contributed by atoms with Crippen LogP contribution in [0.15, 0.2) is 15.9 Å². The average molecular weight is 268 g/mol. The van der Waals surface area contributed by atoms with Gasteiger partial charge in [-0.1, -0.05) is 0 Å². The van der Waals surface area contributed by atoms with Crippen LogP contribution in [0.5, 0.6) is 0 Å². The van der Waals surface area contributed by atoms with Crippen molar-refractivity contribution in [2.24, 2.45) is 7.05 Å². The van der Waals surface area contributed by atoms with Crippen LogP contribution in [0, 0.1) is 0 Å². The van der Waals surface area contributed by atoms with Crippen LogP contribution in [-0.4, -0.2) is 45.9 Å². The summed E-state index contributed by atoms with van der Waals surface area (Å²) in [4.78, 5) is 29.6. The zero-order chi connectivity index (χ0) is 13.8. The Labute approximate surface area is 109 Å². The first-order valence-corrected chi connectivity index (χ1v) is 6.10. The van der Waals surface area contributed by atoms with E-state index in [-0.39, 0.29) is 0 Å². The minimum absolute atomic E-state index is 0.396. The maximum Gasteiger partial charge on any atom is 0.329 e. The molecule has 0 saturated heterocycles. The number of quaternary nitrogens is 1. The summed E-state index contributed by atoms with van der Waals surface area (Å²) in [6.07, 6.45) is 1.59. The molecule has 8 heteroatoms. The summed E-state index contributed by atoms with van der Waals surface area (Å²) in [5.41, 5.74) is -0.00483. The van der Waals surface area contributed by atoms with Crippen LogP contribution in [0.4, 0.5) is 0 Å². The van der Waals surface area contributed by atoms with Gasteiger partial charge in [-0.05, 0) is 0 Å². The Kier molecular flexibility index (Phi) is 4.13. The number of methoxy groups -OCH3 is 1. The molecule has 0 saturated carbocycles. The van der Waals surface area contributed by atoms with Gasteiger partial charge in [0.25, 0.3) is 5.56 Å². The van der Waals surface area contributed by atoms with Crippen LogP contribution in [-0.2, 0) is 18.3 Å². The largest absolute Gasteiger partial charge is 0.379 e. The Balaban J connectivity index is 2.19. The van der Waals surface area contributed by atoms with Crippen molar-refractivity contribution in [1.82, 2.24) is 19.1 Å². The highest BCUT2D eigenvalue weighted by molar-refractivity contribution is 5.69. The van der Waals surface area contributed by atoms with Crippen molar-refractivity contribution in [1.29, 1.82) is 0 Å². The standard InChI is InChI=1S/C11H17N5O3/c1-15-9-8(10(17)14-11(15)18)16(7-13-9)5-3-12-4-6-19-2/h7,12H,3-6H2,1-2H3,(H,14,17,18)/p+1. The van der Waals surface area contributed by atoms with E-state index in [9.17, 15) is 9.59 Å². The van der Waals surface area contributed by atoms with Crippen molar-refractivity contribution in [3.63, 3.8) is 0 Å². The number of nitrogens with zero attached hydrogens (tertiary/aromatic N) is 3. The second kappa shape index (κ2) is 5.81. The second-order valence-corrected chi connectivity index (χ2v) is 4.29. The number of nitrogens with two attached hydrogens (primary N) is 1. The van der Waals surface area contributed by atoms with Crippen molar-refractivity contribution < 1.29 is 10.1 Å². The molecule has 3 N–H and O–H groups in total. The minimum Gasteiger partial charge on any atom is -0.379 e. The van der Waals surface area contributed by atoms with Crippen LogP contribution < -0.4 is 16.6 Å². The van der Waals surface area contributed by atoms with E-state index in [1.54, 1.807) is 25.1 Å². The van der Waals surface area contributed by atoms with Gasteiger partial charge in [0, 0.05) is 14.2 Å². The lowest BCUT2D eigenvalue weighted by atomic mass is 10.5. The third-order valence-corrected chi connectivity index (χ3v) is 2.98. The maximum atomic E-state index is 11.8. The van der Waals surface area contributed by atoms with Crippen LogP contribution in [0.25, 0.3) is 11.2 Å². The Morgan fingerprint density at radius 2 is 2.21 bits per heavy atom. The Morgan fingerprint density at radius 3 is 2.95 bits per heavy atom. The molecule has 19 heavy (non-hydrogen) atoms. The Bertz CT molecular complexity index is 669. The second-order valence-electron chi connectivity index (χ2n) is 4.29. The number of hydrogen-bond acceptors (Lipinski definition) is 4. The van der Waals surface area contributed by atoms with E-state index >= 15 is 0 Å². The first-order chi connectivity index (χ1) is 9.15. The number of aromatic nitrogens is 4. The lowest BCUT2D eigenvalue weighted by molar-refractivity contribution is -0.657. The van der Waals surface area contributed by atoms with Gasteiger partial charge in [-0.3, -0.25) is 14.3 Å². The fourth-order valence-corrected chi connectivity index (χ4v) is 1.93. The molecule has 0 aliphatic rings. The van der Waals surface area contributed by atoms with E-state index < -0.39 is 11.2 Å².